The standard InChI is InChI=1S/C15H20ClN/c1-4-6-7-8-15(17-5-2)13-9-12(3)10-14(16)11-13/h9-11,15,17H,5,7-8H2,1-3H3. The number of nitrogens with one attached hydrogen (secondary N) is 1. The molecule has 0 fully saturated rings. The molecule has 1 rings (SSSR count). The molecule has 1 N–H and O–H groups in total. The summed E-state index contributed by atoms with van der Waals surface area (Å²) in [5, 5.41) is 4.30. The molecule has 0 aliphatic carbocycles. The summed E-state index contributed by atoms with van der Waals surface area (Å²) >= 11 is 6.10. The molecule has 1 nitrogen and oxygen atoms in total. The molecule has 0 radical (unpaired) electrons. The zero-order valence-corrected chi connectivity index (χ0v) is 11.6. The zero-order chi connectivity index (χ0) is 12.7. The van der Waals surface area contributed by atoms with E-state index in [2.05, 4.69) is 37.1 Å². The van der Waals surface area contributed by atoms with Crippen LogP contribution in [0.1, 0.15) is 43.9 Å². The van der Waals surface area contributed by atoms with E-state index in [9.17, 15) is 0 Å². The van der Waals surface area contributed by atoms with Gasteiger partial charge in [0.2, 0.25) is 0 Å². The third-order valence-corrected chi connectivity index (χ3v) is 2.87. The summed E-state index contributed by atoms with van der Waals surface area (Å²) in [5.74, 6) is 6.05. The molecule has 0 aliphatic heterocycles. The van der Waals surface area contributed by atoms with Crippen molar-refractivity contribution in [1.29, 1.82) is 0 Å². The lowest BCUT2D eigenvalue weighted by Crippen LogP contribution is -2.20. The van der Waals surface area contributed by atoms with Crippen LogP contribution in [0.5, 0.6) is 0 Å². The van der Waals surface area contributed by atoms with Crippen molar-refractivity contribution in [3.8, 4) is 11.8 Å². The Kier molecular flexibility index (Phi) is 6.11. The van der Waals surface area contributed by atoms with Gasteiger partial charge in [0.1, 0.15) is 0 Å². The fourth-order valence-corrected chi connectivity index (χ4v) is 2.24. The number of hydrogen-bond donors (Lipinski definition) is 1. The van der Waals surface area contributed by atoms with Gasteiger partial charge >= 0.3 is 0 Å². The quantitative estimate of drug-likeness (QED) is 0.775. The summed E-state index contributed by atoms with van der Waals surface area (Å²) < 4.78 is 0. The number of rotatable bonds is 5. The number of benzene rings is 1. The van der Waals surface area contributed by atoms with Crippen LogP contribution in [-0.2, 0) is 0 Å². The second-order valence-electron chi connectivity index (χ2n) is 4.14. The molecule has 1 aromatic rings. The molecule has 17 heavy (non-hydrogen) atoms. The maximum atomic E-state index is 6.10. The molecule has 0 spiro atoms. The minimum absolute atomic E-state index is 0.346. The van der Waals surface area contributed by atoms with Crippen molar-refractivity contribution >= 4 is 11.6 Å². The highest BCUT2D eigenvalue weighted by atomic mass is 35.5. The van der Waals surface area contributed by atoms with Gasteiger partial charge in [0.05, 0.1) is 0 Å². The molecule has 0 aromatic heterocycles. The highest BCUT2D eigenvalue weighted by molar-refractivity contribution is 6.30. The number of halogens is 1. The Bertz CT molecular complexity index is 394. The highest BCUT2D eigenvalue weighted by Crippen LogP contribution is 2.23. The van der Waals surface area contributed by atoms with Gasteiger partial charge in [0, 0.05) is 17.5 Å². The molecule has 2 heteroatoms. The maximum absolute atomic E-state index is 6.10. The molecule has 0 saturated carbocycles. The predicted molar refractivity (Wildman–Crippen MR) is 75.3 cm³/mol. The van der Waals surface area contributed by atoms with Gasteiger partial charge in [-0.25, -0.2) is 0 Å². The summed E-state index contributed by atoms with van der Waals surface area (Å²) in [5.41, 5.74) is 2.46. The summed E-state index contributed by atoms with van der Waals surface area (Å²) in [7, 11) is 0. The molecule has 1 atom stereocenters. The summed E-state index contributed by atoms with van der Waals surface area (Å²) in [6.45, 7) is 7.03. The van der Waals surface area contributed by atoms with Crippen molar-refractivity contribution in [2.24, 2.45) is 0 Å². The van der Waals surface area contributed by atoms with Crippen molar-refractivity contribution in [2.45, 2.75) is 39.7 Å². The van der Waals surface area contributed by atoms with Crippen LogP contribution in [-0.4, -0.2) is 6.54 Å². The third kappa shape index (κ3) is 4.81. The fourth-order valence-electron chi connectivity index (χ4n) is 1.94. The second kappa shape index (κ2) is 7.37. The van der Waals surface area contributed by atoms with Crippen molar-refractivity contribution in [3.05, 3.63) is 34.3 Å². The Hall–Kier alpha value is -0.970. The SMILES string of the molecule is CC#CCCC(NCC)c1cc(C)cc(Cl)c1. The summed E-state index contributed by atoms with van der Waals surface area (Å²) in [6.07, 6.45) is 1.94. The van der Waals surface area contributed by atoms with Crippen LogP contribution < -0.4 is 5.32 Å². The van der Waals surface area contributed by atoms with Crippen LogP contribution in [0.3, 0.4) is 0 Å². The Morgan fingerprint density at radius 1 is 1.35 bits per heavy atom. The van der Waals surface area contributed by atoms with E-state index in [1.807, 2.05) is 19.1 Å². The lowest BCUT2D eigenvalue weighted by molar-refractivity contribution is 0.522. The fraction of sp³-hybridized carbons (Fsp3) is 0.467. The molecule has 1 aromatic carbocycles. The normalized spacial score (nSPS) is 11.8. The first kappa shape index (κ1) is 14.1. The first-order valence-electron chi connectivity index (χ1n) is 6.07. The van der Waals surface area contributed by atoms with Crippen LogP contribution in [0.15, 0.2) is 18.2 Å². The molecule has 92 valence electrons. The lowest BCUT2D eigenvalue weighted by atomic mass is 10.00. The first-order chi connectivity index (χ1) is 8.17. The van der Waals surface area contributed by atoms with Crippen molar-refractivity contribution in [1.82, 2.24) is 5.32 Å². The van der Waals surface area contributed by atoms with Gasteiger partial charge in [-0.1, -0.05) is 24.6 Å². The Morgan fingerprint density at radius 3 is 2.71 bits per heavy atom. The number of hydrogen-bond acceptors (Lipinski definition) is 1. The van der Waals surface area contributed by atoms with E-state index < -0.39 is 0 Å². The van der Waals surface area contributed by atoms with E-state index >= 15 is 0 Å². The van der Waals surface area contributed by atoms with Crippen molar-refractivity contribution < 1.29 is 0 Å². The van der Waals surface area contributed by atoms with Gasteiger partial charge in [-0.3, -0.25) is 0 Å². The lowest BCUT2D eigenvalue weighted by Gasteiger charge is -2.18. The van der Waals surface area contributed by atoms with Crippen LogP contribution in [0, 0.1) is 18.8 Å². The van der Waals surface area contributed by atoms with Crippen LogP contribution in [0.25, 0.3) is 0 Å². The number of aryl methyl sites for hydroxylation is 1. The van der Waals surface area contributed by atoms with E-state index in [0.29, 0.717) is 6.04 Å². The van der Waals surface area contributed by atoms with E-state index in [-0.39, 0.29) is 0 Å². The van der Waals surface area contributed by atoms with Crippen molar-refractivity contribution in [2.75, 3.05) is 6.54 Å². The smallest absolute Gasteiger partial charge is 0.0411 e. The minimum atomic E-state index is 0.346. The maximum Gasteiger partial charge on any atom is 0.0411 e. The van der Waals surface area contributed by atoms with E-state index in [4.69, 9.17) is 11.6 Å². The molecule has 0 saturated heterocycles. The largest absolute Gasteiger partial charge is 0.310 e. The van der Waals surface area contributed by atoms with E-state index in [1.54, 1.807) is 0 Å². The molecular weight excluding hydrogens is 230 g/mol. The molecule has 0 heterocycles. The first-order valence-corrected chi connectivity index (χ1v) is 6.45. The van der Waals surface area contributed by atoms with Crippen LogP contribution in [0.4, 0.5) is 0 Å². The monoisotopic (exact) mass is 249 g/mol. The zero-order valence-electron chi connectivity index (χ0n) is 10.8. The molecule has 1 unspecified atom stereocenters. The van der Waals surface area contributed by atoms with Crippen LogP contribution in [0.2, 0.25) is 5.02 Å². The Balaban J connectivity index is 2.82. The second-order valence-corrected chi connectivity index (χ2v) is 4.57. The Morgan fingerprint density at radius 2 is 2.12 bits per heavy atom. The van der Waals surface area contributed by atoms with E-state index in [1.165, 1.54) is 11.1 Å². The highest BCUT2D eigenvalue weighted by Gasteiger charge is 2.10. The molecule has 0 bridgehead atoms. The molecule has 0 aliphatic rings. The van der Waals surface area contributed by atoms with Crippen LogP contribution >= 0.6 is 11.6 Å². The summed E-state index contributed by atoms with van der Waals surface area (Å²) in [4.78, 5) is 0. The third-order valence-electron chi connectivity index (χ3n) is 2.65. The van der Waals surface area contributed by atoms with Gasteiger partial charge in [-0.15, -0.1) is 11.8 Å². The topological polar surface area (TPSA) is 12.0 Å². The minimum Gasteiger partial charge on any atom is -0.310 e. The van der Waals surface area contributed by atoms with E-state index in [0.717, 1.165) is 24.4 Å². The average Bonchev–Trinajstić information content (AvgIpc) is 2.27. The van der Waals surface area contributed by atoms with Gasteiger partial charge in [-0.05, 0) is 50.1 Å². The predicted octanol–water partition coefficient (Wildman–Crippen LogP) is 4.10. The van der Waals surface area contributed by atoms with Gasteiger partial charge in [0.15, 0.2) is 0 Å². The molecule has 0 amide bonds. The molecular formula is C15H20ClN. The Labute approximate surface area is 110 Å². The van der Waals surface area contributed by atoms with Gasteiger partial charge in [-0.2, -0.15) is 0 Å². The van der Waals surface area contributed by atoms with Crippen molar-refractivity contribution in [3.63, 3.8) is 0 Å². The van der Waals surface area contributed by atoms with Gasteiger partial charge < -0.3 is 5.32 Å². The summed E-state index contributed by atoms with van der Waals surface area (Å²) in [6, 6.07) is 6.57. The van der Waals surface area contributed by atoms with Gasteiger partial charge in [0.25, 0.3) is 0 Å². The average molecular weight is 250 g/mol.